The normalized spacial score (nSPS) is 15.2. The van der Waals surface area contributed by atoms with Gasteiger partial charge in [-0.25, -0.2) is 0 Å². The molecule has 1 aromatic carbocycles. The second-order valence-corrected chi connectivity index (χ2v) is 6.51. The van der Waals surface area contributed by atoms with E-state index < -0.39 is 10.1 Å². The van der Waals surface area contributed by atoms with E-state index in [2.05, 4.69) is 11.7 Å². The molecule has 0 heterocycles. The Morgan fingerprint density at radius 1 is 1.27 bits per heavy atom. The molecule has 5 nitrogen and oxygen atoms in total. The van der Waals surface area contributed by atoms with Gasteiger partial charge in [0.05, 0.1) is 12.8 Å². The van der Waals surface area contributed by atoms with Gasteiger partial charge in [-0.05, 0) is 0 Å². The van der Waals surface area contributed by atoms with E-state index in [1.807, 2.05) is 30.3 Å². The van der Waals surface area contributed by atoms with E-state index in [0.717, 1.165) is 5.56 Å². The fraction of sp³-hybridized carbons (Fsp3) is 0.467. The largest absolute Gasteiger partial charge is 1.00 e. The van der Waals surface area contributed by atoms with Crippen molar-refractivity contribution in [1.82, 2.24) is 5.32 Å². The zero-order chi connectivity index (χ0) is 15.7. The van der Waals surface area contributed by atoms with Crippen molar-refractivity contribution < 1.29 is 47.3 Å². The Morgan fingerprint density at radius 2 is 1.77 bits per heavy atom. The monoisotopic (exact) mass is 335 g/mol. The number of Topliss-reactive ketones (excluding diaryl/α,β-unsaturated/α-hetero) is 1. The summed E-state index contributed by atoms with van der Waals surface area (Å²) in [5.41, 5.74) is 0.803. The smallest absolute Gasteiger partial charge is 0.328 e. The van der Waals surface area contributed by atoms with Crippen molar-refractivity contribution in [2.45, 2.75) is 31.7 Å². The molecule has 2 N–H and O–H groups in total. The summed E-state index contributed by atoms with van der Waals surface area (Å²) in [5.74, 6) is 0.190. The molecule has 0 aromatic heterocycles. The minimum absolute atomic E-state index is 0. The van der Waals surface area contributed by atoms with Gasteiger partial charge in [0.2, 0.25) is 0 Å². The Morgan fingerprint density at radius 3 is 2.27 bits per heavy atom. The molecule has 0 atom stereocenters. The predicted octanol–water partition coefficient (Wildman–Crippen LogP) is -0.886. The maximum absolute atomic E-state index is 11.8. The zero-order valence-corrected chi connectivity index (χ0v) is 16.0. The van der Waals surface area contributed by atoms with E-state index in [4.69, 9.17) is 4.55 Å². The SMILES string of the molecule is CS(=O)(=O)O.O=C(CNC1CC[CH-]CC1)c1ccccc1.[Na+]. The van der Waals surface area contributed by atoms with Crippen LogP contribution in [0.1, 0.15) is 36.0 Å². The first-order valence-electron chi connectivity index (χ1n) is 6.92. The molecule has 1 aromatic rings. The second-order valence-electron chi connectivity index (χ2n) is 5.04. The average Bonchev–Trinajstić information content (AvgIpc) is 2.45. The summed E-state index contributed by atoms with van der Waals surface area (Å²) in [4.78, 5) is 11.8. The fourth-order valence-electron chi connectivity index (χ4n) is 2.09. The van der Waals surface area contributed by atoms with Crippen LogP contribution < -0.4 is 34.9 Å². The Hall–Kier alpha value is -0.240. The molecule has 0 spiro atoms. The van der Waals surface area contributed by atoms with Crippen LogP contribution in [0.2, 0.25) is 0 Å². The Labute approximate surface area is 154 Å². The molecule has 118 valence electrons. The summed E-state index contributed by atoms with van der Waals surface area (Å²) in [6.07, 6.45) is 7.74. The van der Waals surface area contributed by atoms with Gasteiger partial charge in [-0.1, -0.05) is 43.2 Å². The van der Waals surface area contributed by atoms with E-state index in [1.54, 1.807) is 0 Å². The van der Waals surface area contributed by atoms with Crippen molar-refractivity contribution in [3.05, 3.63) is 42.3 Å². The number of ketones is 1. The van der Waals surface area contributed by atoms with Crippen LogP contribution in [-0.4, -0.2) is 37.6 Å². The van der Waals surface area contributed by atoms with Gasteiger partial charge in [0, 0.05) is 11.6 Å². The summed E-state index contributed by atoms with van der Waals surface area (Å²) in [6.45, 7) is 0.467. The number of hydrogen-bond acceptors (Lipinski definition) is 4. The summed E-state index contributed by atoms with van der Waals surface area (Å²) in [6, 6.07) is 10.0. The van der Waals surface area contributed by atoms with Gasteiger partial charge in [-0.2, -0.15) is 21.3 Å². The number of nitrogens with one attached hydrogen (secondary N) is 1. The molecule has 0 aliphatic heterocycles. The van der Waals surface area contributed by atoms with Gasteiger partial charge in [-0.3, -0.25) is 9.35 Å². The van der Waals surface area contributed by atoms with Gasteiger partial charge in [0.15, 0.2) is 5.78 Å². The molecule has 0 saturated heterocycles. The molecular formula is C15H22NNaO4S. The Bertz CT molecular complexity index is 520. The van der Waals surface area contributed by atoms with E-state index in [1.165, 1.54) is 25.7 Å². The predicted molar refractivity (Wildman–Crippen MR) is 82.8 cm³/mol. The maximum atomic E-state index is 11.8. The summed E-state index contributed by atoms with van der Waals surface area (Å²) < 4.78 is 25.9. The third-order valence-electron chi connectivity index (χ3n) is 3.09. The first kappa shape index (κ1) is 21.8. The quantitative estimate of drug-likeness (QED) is 0.323. The van der Waals surface area contributed by atoms with Crippen LogP contribution >= 0.6 is 0 Å². The molecule has 1 aliphatic rings. The first-order chi connectivity index (χ1) is 9.86. The van der Waals surface area contributed by atoms with Crippen LogP contribution in [0.25, 0.3) is 0 Å². The van der Waals surface area contributed by atoms with E-state index >= 15 is 0 Å². The number of rotatable bonds is 4. The molecule has 7 heteroatoms. The van der Waals surface area contributed by atoms with E-state index in [9.17, 15) is 13.2 Å². The number of hydrogen-bond donors (Lipinski definition) is 2. The minimum Gasteiger partial charge on any atom is -0.328 e. The summed E-state index contributed by atoms with van der Waals surface area (Å²) >= 11 is 0. The van der Waals surface area contributed by atoms with Crippen molar-refractivity contribution >= 4 is 15.9 Å². The molecule has 1 saturated carbocycles. The number of benzene rings is 1. The molecule has 2 rings (SSSR count). The van der Waals surface area contributed by atoms with Crippen LogP contribution in [0.15, 0.2) is 30.3 Å². The third-order valence-corrected chi connectivity index (χ3v) is 3.09. The van der Waals surface area contributed by atoms with Gasteiger partial charge < -0.3 is 11.7 Å². The third kappa shape index (κ3) is 11.3. The zero-order valence-electron chi connectivity index (χ0n) is 13.2. The molecule has 1 aliphatic carbocycles. The van der Waals surface area contributed by atoms with Crippen LogP contribution in [0.4, 0.5) is 0 Å². The second kappa shape index (κ2) is 11.3. The summed E-state index contributed by atoms with van der Waals surface area (Å²) in [5, 5.41) is 3.35. The van der Waals surface area contributed by atoms with E-state index in [-0.39, 0.29) is 35.3 Å². The van der Waals surface area contributed by atoms with Crippen molar-refractivity contribution in [3.63, 3.8) is 0 Å². The van der Waals surface area contributed by atoms with E-state index in [0.29, 0.717) is 18.8 Å². The molecular weight excluding hydrogens is 313 g/mol. The minimum atomic E-state index is -3.67. The van der Waals surface area contributed by atoms with Crippen LogP contribution in [-0.2, 0) is 10.1 Å². The molecule has 0 unspecified atom stereocenters. The molecule has 0 radical (unpaired) electrons. The van der Waals surface area contributed by atoms with Gasteiger partial charge in [0.25, 0.3) is 10.1 Å². The van der Waals surface area contributed by atoms with Crippen molar-refractivity contribution in [2.24, 2.45) is 0 Å². The first-order valence-corrected chi connectivity index (χ1v) is 8.77. The molecule has 0 amide bonds. The van der Waals surface area contributed by atoms with Gasteiger partial charge in [-0.15, -0.1) is 0 Å². The fourth-order valence-corrected chi connectivity index (χ4v) is 2.09. The topological polar surface area (TPSA) is 83.5 Å². The van der Waals surface area contributed by atoms with Gasteiger partial charge in [0.1, 0.15) is 0 Å². The Balaban J connectivity index is 0.000000644. The molecule has 22 heavy (non-hydrogen) atoms. The van der Waals surface area contributed by atoms with Crippen LogP contribution in [0, 0.1) is 6.42 Å². The molecule has 0 bridgehead atoms. The van der Waals surface area contributed by atoms with Crippen molar-refractivity contribution in [2.75, 3.05) is 12.8 Å². The standard InChI is InChI=1S/C14H18NO.CH4O3S.Na/c16-14(12-7-3-1-4-8-12)11-15-13-9-5-2-6-10-13;1-5(2,3)4;/h1-4,7-8,13,15H,5-6,9-11H2;1H3,(H,2,3,4);/q-1;;+1. The number of carbonyl (C=O) groups is 1. The van der Waals surface area contributed by atoms with Gasteiger partial charge >= 0.3 is 29.6 Å². The Kier molecular flexibility index (Phi) is 11.2. The average molecular weight is 335 g/mol. The summed E-state index contributed by atoms with van der Waals surface area (Å²) in [7, 11) is -3.67. The van der Waals surface area contributed by atoms with Crippen molar-refractivity contribution in [1.29, 1.82) is 0 Å². The molecule has 1 fully saturated rings. The number of carbonyl (C=O) groups excluding carboxylic acids is 1. The maximum Gasteiger partial charge on any atom is 1.00 e. The van der Waals surface area contributed by atoms with Crippen LogP contribution in [0.5, 0.6) is 0 Å². The van der Waals surface area contributed by atoms with Crippen molar-refractivity contribution in [3.8, 4) is 0 Å². The van der Waals surface area contributed by atoms with Crippen LogP contribution in [0.3, 0.4) is 0 Å².